The van der Waals surface area contributed by atoms with Gasteiger partial charge in [-0.2, -0.15) is 0 Å². The second-order valence-electron chi connectivity index (χ2n) is 3.89. The van der Waals surface area contributed by atoms with E-state index in [1.54, 1.807) is 0 Å². The maximum atomic E-state index is 10.7. The lowest BCUT2D eigenvalue weighted by atomic mass is 9.81. The van der Waals surface area contributed by atoms with Crippen LogP contribution in [0.25, 0.3) is 0 Å². The molecule has 11 heavy (non-hydrogen) atoms. The molecule has 62 valence electrons. The smallest absolute Gasteiger partial charge is 0.123 e. The van der Waals surface area contributed by atoms with Crippen LogP contribution in [0, 0.1) is 23.7 Å². The average molecular weight is 154 g/mol. The van der Waals surface area contributed by atoms with Crippen LogP contribution in [0.15, 0.2) is 0 Å². The Labute approximate surface area is 66.6 Å². The minimum absolute atomic E-state index is 0.179. The summed E-state index contributed by atoms with van der Waals surface area (Å²) in [5.74, 6) is 1.74. The van der Waals surface area contributed by atoms with Crippen LogP contribution in [-0.4, -0.2) is 18.0 Å². The van der Waals surface area contributed by atoms with Crippen LogP contribution < -0.4 is 0 Å². The molecular formula is C9H14O2. The third kappa shape index (κ3) is 0.924. The number of hydrogen-bond acceptors (Lipinski definition) is 2. The molecule has 4 unspecified atom stereocenters. The minimum Gasteiger partial charge on any atom is -0.396 e. The van der Waals surface area contributed by atoms with Crippen molar-refractivity contribution in [1.29, 1.82) is 0 Å². The van der Waals surface area contributed by atoms with Crippen LogP contribution in [0.3, 0.4) is 0 Å². The summed E-state index contributed by atoms with van der Waals surface area (Å²) in [7, 11) is 0. The molecule has 2 bridgehead atoms. The fourth-order valence-electron chi connectivity index (χ4n) is 2.94. The number of aliphatic hydroxyl groups is 1. The van der Waals surface area contributed by atoms with Crippen LogP contribution in [0.2, 0.25) is 0 Å². The Bertz CT molecular complexity index is 167. The van der Waals surface area contributed by atoms with Crippen LogP contribution in [-0.2, 0) is 4.79 Å². The van der Waals surface area contributed by atoms with Gasteiger partial charge in [-0.1, -0.05) is 0 Å². The van der Waals surface area contributed by atoms with Gasteiger partial charge in [-0.3, -0.25) is 0 Å². The fraction of sp³-hybridized carbons (Fsp3) is 0.889. The third-order valence-electron chi connectivity index (χ3n) is 3.53. The Morgan fingerprint density at radius 1 is 1.36 bits per heavy atom. The van der Waals surface area contributed by atoms with Crippen molar-refractivity contribution in [3.63, 3.8) is 0 Å². The summed E-state index contributed by atoms with van der Waals surface area (Å²) >= 11 is 0. The van der Waals surface area contributed by atoms with Crippen molar-refractivity contribution in [2.75, 3.05) is 6.61 Å². The summed E-state index contributed by atoms with van der Waals surface area (Å²) < 4.78 is 0. The standard InChI is InChI=1S/C9H14O2/c10-4-8-6-1-2-7(3-6)9(8)5-11/h4,6-9,11H,1-3,5H2. The van der Waals surface area contributed by atoms with Crippen LogP contribution in [0.1, 0.15) is 19.3 Å². The first-order valence-electron chi connectivity index (χ1n) is 4.43. The summed E-state index contributed by atoms with van der Waals surface area (Å²) in [4.78, 5) is 10.7. The summed E-state index contributed by atoms with van der Waals surface area (Å²) in [6.07, 6.45) is 4.70. The predicted molar refractivity (Wildman–Crippen MR) is 41.0 cm³/mol. The molecule has 2 fully saturated rings. The Hall–Kier alpha value is -0.370. The molecule has 1 N–H and O–H groups in total. The summed E-state index contributed by atoms with van der Waals surface area (Å²) in [6.45, 7) is 0.213. The number of hydrogen-bond donors (Lipinski definition) is 1. The van der Waals surface area contributed by atoms with Gasteiger partial charge in [0.05, 0.1) is 0 Å². The van der Waals surface area contributed by atoms with Gasteiger partial charge in [-0.05, 0) is 37.0 Å². The summed E-state index contributed by atoms with van der Waals surface area (Å²) in [6, 6.07) is 0. The van der Waals surface area contributed by atoms with Crippen molar-refractivity contribution in [2.24, 2.45) is 23.7 Å². The highest BCUT2D eigenvalue weighted by molar-refractivity contribution is 5.56. The van der Waals surface area contributed by atoms with E-state index >= 15 is 0 Å². The van der Waals surface area contributed by atoms with E-state index in [1.165, 1.54) is 19.3 Å². The monoisotopic (exact) mass is 154 g/mol. The predicted octanol–water partition coefficient (Wildman–Crippen LogP) is 0.840. The molecule has 0 aromatic heterocycles. The van der Waals surface area contributed by atoms with E-state index in [1.807, 2.05) is 0 Å². The molecular weight excluding hydrogens is 140 g/mol. The number of carbonyl (C=O) groups excluding carboxylic acids is 1. The number of rotatable bonds is 2. The van der Waals surface area contributed by atoms with Crippen LogP contribution in [0.5, 0.6) is 0 Å². The lowest BCUT2D eigenvalue weighted by molar-refractivity contribution is -0.114. The fourth-order valence-corrected chi connectivity index (χ4v) is 2.94. The van der Waals surface area contributed by atoms with Gasteiger partial charge in [0.1, 0.15) is 6.29 Å². The first-order valence-corrected chi connectivity index (χ1v) is 4.43. The number of aliphatic hydroxyl groups excluding tert-OH is 1. The Kier molecular flexibility index (Phi) is 1.72. The quantitative estimate of drug-likeness (QED) is 0.598. The van der Waals surface area contributed by atoms with Crippen molar-refractivity contribution in [1.82, 2.24) is 0 Å². The molecule has 2 heteroatoms. The highest BCUT2D eigenvalue weighted by Crippen LogP contribution is 2.51. The van der Waals surface area contributed by atoms with E-state index in [0.29, 0.717) is 17.8 Å². The minimum atomic E-state index is 0.179. The molecule has 2 aliphatic carbocycles. The maximum absolute atomic E-state index is 10.7. The van der Waals surface area contributed by atoms with Gasteiger partial charge in [-0.15, -0.1) is 0 Å². The molecule has 0 radical (unpaired) electrons. The zero-order valence-corrected chi connectivity index (χ0v) is 6.57. The van der Waals surface area contributed by atoms with Crippen molar-refractivity contribution in [3.05, 3.63) is 0 Å². The number of aldehydes is 1. The topological polar surface area (TPSA) is 37.3 Å². The maximum Gasteiger partial charge on any atom is 0.123 e. The van der Waals surface area contributed by atoms with Gasteiger partial charge in [0.2, 0.25) is 0 Å². The molecule has 4 atom stereocenters. The van der Waals surface area contributed by atoms with Gasteiger partial charge >= 0.3 is 0 Å². The van der Waals surface area contributed by atoms with Gasteiger partial charge in [-0.25, -0.2) is 0 Å². The molecule has 0 spiro atoms. The molecule has 0 aliphatic heterocycles. The average Bonchev–Trinajstić information content (AvgIpc) is 2.60. The van der Waals surface area contributed by atoms with Crippen molar-refractivity contribution >= 4 is 6.29 Å². The molecule has 2 saturated carbocycles. The highest BCUT2D eigenvalue weighted by Gasteiger charge is 2.46. The van der Waals surface area contributed by atoms with Crippen LogP contribution >= 0.6 is 0 Å². The molecule has 0 amide bonds. The zero-order chi connectivity index (χ0) is 7.84. The molecule has 0 aromatic rings. The van der Waals surface area contributed by atoms with Crippen LogP contribution in [0.4, 0.5) is 0 Å². The SMILES string of the molecule is O=CC1C2CCC(C2)C1CO. The second-order valence-corrected chi connectivity index (χ2v) is 3.89. The molecule has 0 saturated heterocycles. The third-order valence-corrected chi connectivity index (χ3v) is 3.53. The van der Waals surface area contributed by atoms with Crippen molar-refractivity contribution < 1.29 is 9.90 Å². The van der Waals surface area contributed by atoms with E-state index < -0.39 is 0 Å². The molecule has 2 aliphatic rings. The Morgan fingerprint density at radius 2 is 2.09 bits per heavy atom. The van der Waals surface area contributed by atoms with E-state index in [-0.39, 0.29) is 12.5 Å². The van der Waals surface area contributed by atoms with Crippen molar-refractivity contribution in [3.8, 4) is 0 Å². The summed E-state index contributed by atoms with van der Waals surface area (Å²) in [5, 5.41) is 9.03. The van der Waals surface area contributed by atoms with Gasteiger partial charge in [0.15, 0.2) is 0 Å². The lowest BCUT2D eigenvalue weighted by Gasteiger charge is -2.24. The number of carbonyl (C=O) groups is 1. The second kappa shape index (κ2) is 2.59. The highest BCUT2D eigenvalue weighted by atomic mass is 16.3. The Balaban J connectivity index is 2.13. The lowest BCUT2D eigenvalue weighted by Crippen LogP contribution is -2.26. The summed E-state index contributed by atoms with van der Waals surface area (Å²) in [5.41, 5.74) is 0. The van der Waals surface area contributed by atoms with Crippen molar-refractivity contribution in [2.45, 2.75) is 19.3 Å². The molecule has 2 rings (SSSR count). The number of fused-ring (bicyclic) bond motifs is 2. The van der Waals surface area contributed by atoms with Gasteiger partial charge in [0.25, 0.3) is 0 Å². The molecule has 0 heterocycles. The Morgan fingerprint density at radius 3 is 2.64 bits per heavy atom. The zero-order valence-electron chi connectivity index (χ0n) is 6.57. The largest absolute Gasteiger partial charge is 0.396 e. The molecule has 0 aromatic carbocycles. The normalized spacial score (nSPS) is 48.1. The van der Waals surface area contributed by atoms with Gasteiger partial charge < -0.3 is 9.90 Å². The van der Waals surface area contributed by atoms with Gasteiger partial charge in [0, 0.05) is 12.5 Å². The molecule has 2 nitrogen and oxygen atoms in total. The van der Waals surface area contributed by atoms with E-state index in [0.717, 1.165) is 6.29 Å². The van der Waals surface area contributed by atoms with E-state index in [9.17, 15) is 4.79 Å². The van der Waals surface area contributed by atoms with E-state index in [2.05, 4.69) is 0 Å². The first kappa shape index (κ1) is 7.29. The van der Waals surface area contributed by atoms with E-state index in [4.69, 9.17) is 5.11 Å². The first-order chi connectivity index (χ1) is 5.36.